The molecule has 1 aromatic carbocycles. The van der Waals surface area contributed by atoms with Gasteiger partial charge in [-0.05, 0) is 24.5 Å². The van der Waals surface area contributed by atoms with E-state index in [1.54, 1.807) is 18.2 Å². The van der Waals surface area contributed by atoms with E-state index in [1.807, 2.05) is 0 Å². The van der Waals surface area contributed by atoms with E-state index in [9.17, 15) is 9.18 Å². The van der Waals surface area contributed by atoms with Crippen molar-refractivity contribution in [1.82, 2.24) is 10.2 Å². The van der Waals surface area contributed by atoms with Gasteiger partial charge < -0.3 is 10.1 Å². The monoisotopic (exact) mass is 321 g/mol. The fourth-order valence-electron chi connectivity index (χ4n) is 2.35. The Kier molecular flexibility index (Phi) is 4.74. The number of nitrogens with zero attached hydrogens (tertiary/aromatic N) is 2. The van der Waals surface area contributed by atoms with Crippen LogP contribution in [0.3, 0.4) is 0 Å². The van der Waals surface area contributed by atoms with Crippen molar-refractivity contribution in [3.8, 4) is 0 Å². The van der Waals surface area contributed by atoms with Gasteiger partial charge in [0.1, 0.15) is 10.8 Å². The lowest BCUT2D eigenvalue weighted by atomic mass is 10.00. The number of rotatable bonds is 4. The van der Waals surface area contributed by atoms with Crippen molar-refractivity contribution < 1.29 is 13.9 Å². The van der Waals surface area contributed by atoms with E-state index in [0.29, 0.717) is 35.3 Å². The maximum atomic E-state index is 13.6. The van der Waals surface area contributed by atoms with Crippen molar-refractivity contribution in [3.05, 3.63) is 40.7 Å². The molecule has 5 nitrogen and oxygen atoms in total. The highest BCUT2D eigenvalue weighted by molar-refractivity contribution is 7.15. The molecular formula is C15H16FN3O2S. The van der Waals surface area contributed by atoms with Crippen LogP contribution in [0.4, 0.5) is 9.52 Å². The third-order valence-corrected chi connectivity index (χ3v) is 4.43. The predicted molar refractivity (Wildman–Crippen MR) is 81.3 cm³/mol. The first-order chi connectivity index (χ1) is 10.7. The molecule has 7 heteroatoms. The van der Waals surface area contributed by atoms with Crippen LogP contribution < -0.4 is 5.32 Å². The number of nitrogens with one attached hydrogen (secondary N) is 1. The van der Waals surface area contributed by atoms with Crippen LogP contribution in [-0.2, 0) is 16.0 Å². The van der Waals surface area contributed by atoms with Crippen molar-refractivity contribution in [1.29, 1.82) is 0 Å². The lowest BCUT2D eigenvalue weighted by Gasteiger charge is -2.20. The maximum Gasteiger partial charge on any atom is 0.229 e. The van der Waals surface area contributed by atoms with Gasteiger partial charge in [0.05, 0.1) is 0 Å². The van der Waals surface area contributed by atoms with Gasteiger partial charge in [0.2, 0.25) is 11.0 Å². The average Bonchev–Trinajstić information content (AvgIpc) is 2.97. The predicted octanol–water partition coefficient (Wildman–Crippen LogP) is 2.63. The highest BCUT2D eigenvalue weighted by Gasteiger charge is 2.22. The summed E-state index contributed by atoms with van der Waals surface area (Å²) in [7, 11) is 0. The molecule has 1 saturated heterocycles. The van der Waals surface area contributed by atoms with E-state index in [4.69, 9.17) is 4.74 Å². The molecule has 0 aliphatic carbocycles. The molecule has 116 valence electrons. The van der Waals surface area contributed by atoms with E-state index in [0.717, 1.165) is 12.8 Å². The Morgan fingerprint density at radius 1 is 1.32 bits per heavy atom. The zero-order valence-electron chi connectivity index (χ0n) is 11.9. The van der Waals surface area contributed by atoms with Gasteiger partial charge in [0, 0.05) is 25.6 Å². The Labute approximate surface area is 131 Å². The van der Waals surface area contributed by atoms with Gasteiger partial charge in [-0.2, -0.15) is 0 Å². The van der Waals surface area contributed by atoms with Gasteiger partial charge in [-0.3, -0.25) is 4.79 Å². The van der Waals surface area contributed by atoms with Crippen molar-refractivity contribution in [3.63, 3.8) is 0 Å². The fourth-order valence-corrected chi connectivity index (χ4v) is 3.11. The van der Waals surface area contributed by atoms with Crippen LogP contribution in [0.1, 0.15) is 23.4 Å². The molecule has 1 aliphatic heterocycles. The first kappa shape index (κ1) is 15.1. The second-order valence-corrected chi connectivity index (χ2v) is 6.21. The van der Waals surface area contributed by atoms with Gasteiger partial charge in [-0.1, -0.05) is 29.5 Å². The average molecular weight is 321 g/mol. The number of amides is 1. The number of halogens is 1. The Bertz CT molecular complexity index is 656. The summed E-state index contributed by atoms with van der Waals surface area (Å²) in [5.41, 5.74) is 0.570. The minimum absolute atomic E-state index is 0.0346. The van der Waals surface area contributed by atoms with E-state index < -0.39 is 0 Å². The van der Waals surface area contributed by atoms with Crippen molar-refractivity contribution >= 4 is 22.4 Å². The molecule has 0 radical (unpaired) electrons. The van der Waals surface area contributed by atoms with Gasteiger partial charge in [-0.25, -0.2) is 4.39 Å². The summed E-state index contributed by atoms with van der Waals surface area (Å²) < 4.78 is 18.9. The Morgan fingerprint density at radius 2 is 2.09 bits per heavy atom. The largest absolute Gasteiger partial charge is 0.381 e. The van der Waals surface area contributed by atoms with Crippen LogP contribution in [0.2, 0.25) is 0 Å². The molecule has 0 bridgehead atoms. The second-order valence-electron chi connectivity index (χ2n) is 5.15. The summed E-state index contributed by atoms with van der Waals surface area (Å²) in [6.07, 6.45) is 1.83. The SMILES string of the molecule is O=C(Nc1nnc(Cc2ccccc2F)s1)C1CCOCC1. The van der Waals surface area contributed by atoms with Crippen LogP contribution in [0.5, 0.6) is 0 Å². The summed E-state index contributed by atoms with van der Waals surface area (Å²) in [6.45, 7) is 1.24. The minimum atomic E-state index is -0.259. The van der Waals surface area contributed by atoms with E-state index >= 15 is 0 Å². The molecule has 1 amide bonds. The second kappa shape index (κ2) is 6.93. The van der Waals surface area contributed by atoms with Crippen molar-refractivity contribution in [2.24, 2.45) is 5.92 Å². The molecule has 0 atom stereocenters. The third kappa shape index (κ3) is 3.66. The third-order valence-electron chi connectivity index (χ3n) is 3.59. The number of ether oxygens (including phenoxy) is 1. The van der Waals surface area contributed by atoms with Crippen LogP contribution >= 0.6 is 11.3 Å². The van der Waals surface area contributed by atoms with Gasteiger partial charge >= 0.3 is 0 Å². The van der Waals surface area contributed by atoms with E-state index in [2.05, 4.69) is 15.5 Å². The molecule has 0 spiro atoms. The normalized spacial score (nSPS) is 15.7. The number of anilines is 1. The first-order valence-electron chi connectivity index (χ1n) is 7.17. The highest BCUT2D eigenvalue weighted by Crippen LogP contribution is 2.22. The lowest BCUT2D eigenvalue weighted by Crippen LogP contribution is -2.28. The lowest BCUT2D eigenvalue weighted by molar-refractivity contribution is -0.122. The number of benzene rings is 1. The summed E-state index contributed by atoms with van der Waals surface area (Å²) in [4.78, 5) is 12.1. The van der Waals surface area contributed by atoms with Crippen LogP contribution in [0.15, 0.2) is 24.3 Å². The molecule has 0 saturated carbocycles. The van der Waals surface area contributed by atoms with Crippen molar-refractivity contribution in [2.45, 2.75) is 19.3 Å². The number of aromatic nitrogens is 2. The molecular weight excluding hydrogens is 305 g/mol. The number of hydrogen-bond acceptors (Lipinski definition) is 5. The summed E-state index contributed by atoms with van der Waals surface area (Å²) in [5.74, 6) is -0.338. The molecule has 2 aromatic rings. The quantitative estimate of drug-likeness (QED) is 0.940. The Morgan fingerprint density at radius 3 is 2.86 bits per heavy atom. The number of carbonyl (C=O) groups excluding carboxylic acids is 1. The molecule has 1 fully saturated rings. The van der Waals surface area contributed by atoms with Crippen LogP contribution in [0, 0.1) is 11.7 Å². The van der Waals surface area contributed by atoms with Crippen LogP contribution in [0.25, 0.3) is 0 Å². The molecule has 1 N–H and O–H groups in total. The summed E-state index contributed by atoms with van der Waals surface area (Å²) >= 11 is 1.28. The smallest absolute Gasteiger partial charge is 0.229 e. The molecule has 22 heavy (non-hydrogen) atoms. The van der Waals surface area contributed by atoms with E-state index in [-0.39, 0.29) is 17.6 Å². The number of hydrogen-bond donors (Lipinski definition) is 1. The molecule has 0 unspecified atom stereocenters. The van der Waals surface area contributed by atoms with Gasteiger partial charge in [0.25, 0.3) is 0 Å². The molecule has 1 aliphatic rings. The molecule has 1 aromatic heterocycles. The Hall–Kier alpha value is -1.86. The molecule has 2 heterocycles. The zero-order chi connectivity index (χ0) is 15.4. The zero-order valence-corrected chi connectivity index (χ0v) is 12.7. The highest BCUT2D eigenvalue weighted by atomic mass is 32.1. The van der Waals surface area contributed by atoms with Crippen molar-refractivity contribution in [2.75, 3.05) is 18.5 Å². The molecule has 3 rings (SSSR count). The Balaban J connectivity index is 1.61. The standard InChI is InChI=1S/C15H16FN3O2S/c16-12-4-2-1-3-11(12)9-13-18-19-15(22-13)17-14(20)10-5-7-21-8-6-10/h1-4,10H,5-9H2,(H,17,19,20). The van der Waals surface area contributed by atoms with Gasteiger partial charge in [-0.15, -0.1) is 10.2 Å². The topological polar surface area (TPSA) is 64.1 Å². The first-order valence-corrected chi connectivity index (χ1v) is 7.98. The van der Waals surface area contributed by atoms with Gasteiger partial charge in [0.15, 0.2) is 0 Å². The summed E-state index contributed by atoms with van der Waals surface area (Å²) in [6, 6.07) is 6.58. The fraction of sp³-hybridized carbons (Fsp3) is 0.400. The summed E-state index contributed by atoms with van der Waals surface area (Å²) in [5, 5.41) is 11.9. The maximum absolute atomic E-state index is 13.6. The van der Waals surface area contributed by atoms with E-state index in [1.165, 1.54) is 17.4 Å². The van der Waals surface area contributed by atoms with Crippen LogP contribution in [-0.4, -0.2) is 29.3 Å². The number of carbonyl (C=O) groups is 1. The minimum Gasteiger partial charge on any atom is -0.381 e.